The number of benzene rings is 2. The molecule has 1 atom stereocenters. The van der Waals surface area contributed by atoms with Crippen molar-refractivity contribution < 1.29 is 27.2 Å². The normalized spacial score (nSPS) is 12.6. The highest BCUT2D eigenvalue weighted by Gasteiger charge is 2.30. The second-order valence-electron chi connectivity index (χ2n) is 7.01. The van der Waals surface area contributed by atoms with Crippen molar-refractivity contribution in [3.8, 4) is 17.1 Å². The van der Waals surface area contributed by atoms with Gasteiger partial charge in [0.2, 0.25) is 11.7 Å². The molecule has 1 amide bonds. The maximum Gasteiger partial charge on any atom is 0.416 e. The third-order valence-corrected chi connectivity index (χ3v) is 4.37. The molecular formula is C21H19ClF3N3O3. The largest absolute Gasteiger partial charge is 0.480 e. The number of hydrogen-bond donors (Lipinski definition) is 1. The van der Waals surface area contributed by atoms with Gasteiger partial charge in [-0.15, -0.1) is 0 Å². The summed E-state index contributed by atoms with van der Waals surface area (Å²) in [7, 11) is 0. The number of hydrogen-bond acceptors (Lipinski definition) is 5. The molecule has 31 heavy (non-hydrogen) atoms. The fourth-order valence-corrected chi connectivity index (χ4v) is 2.79. The van der Waals surface area contributed by atoms with Crippen LogP contribution >= 0.6 is 11.6 Å². The molecule has 0 aliphatic rings. The maximum atomic E-state index is 12.7. The number of ether oxygens (including phenoxy) is 1. The van der Waals surface area contributed by atoms with Gasteiger partial charge in [-0.05, 0) is 50.2 Å². The summed E-state index contributed by atoms with van der Waals surface area (Å²) in [4.78, 5) is 16.8. The van der Waals surface area contributed by atoms with Crippen molar-refractivity contribution in [1.82, 2.24) is 15.5 Å². The molecule has 0 aliphatic heterocycles. The Balaban J connectivity index is 1.77. The van der Waals surface area contributed by atoms with E-state index in [1.807, 2.05) is 13.8 Å². The van der Waals surface area contributed by atoms with Crippen LogP contribution in [0.3, 0.4) is 0 Å². The van der Waals surface area contributed by atoms with E-state index in [9.17, 15) is 18.0 Å². The Hall–Kier alpha value is -3.07. The van der Waals surface area contributed by atoms with Gasteiger partial charge in [0, 0.05) is 16.6 Å². The number of alkyl halides is 3. The molecule has 0 saturated heterocycles. The number of carbonyl (C=O) groups is 1. The second kappa shape index (κ2) is 9.38. The van der Waals surface area contributed by atoms with Crippen LogP contribution in [0.4, 0.5) is 13.2 Å². The van der Waals surface area contributed by atoms with Gasteiger partial charge in [-0.1, -0.05) is 28.9 Å². The number of nitrogens with one attached hydrogen (secondary N) is 1. The maximum absolute atomic E-state index is 12.7. The SMILES string of the molecule is CC(C)NC(=O)C(Cc1nc(-c2ccc(C(F)(F)F)cc2)no1)Oc1ccc(Cl)cc1. The van der Waals surface area contributed by atoms with Crippen molar-refractivity contribution in [2.45, 2.75) is 38.6 Å². The van der Waals surface area contributed by atoms with Crippen LogP contribution in [0.2, 0.25) is 5.02 Å². The summed E-state index contributed by atoms with van der Waals surface area (Å²) in [5.74, 6) is 0.265. The number of halogens is 4. The lowest BCUT2D eigenvalue weighted by atomic mass is 10.1. The second-order valence-corrected chi connectivity index (χ2v) is 7.45. The molecule has 0 bridgehead atoms. The monoisotopic (exact) mass is 453 g/mol. The minimum atomic E-state index is -4.43. The summed E-state index contributed by atoms with van der Waals surface area (Å²) in [6.07, 6.45) is -5.43. The van der Waals surface area contributed by atoms with Gasteiger partial charge in [-0.3, -0.25) is 4.79 Å². The fourth-order valence-electron chi connectivity index (χ4n) is 2.66. The third kappa shape index (κ3) is 6.21. The van der Waals surface area contributed by atoms with E-state index in [1.165, 1.54) is 12.1 Å². The minimum absolute atomic E-state index is 0.0329. The zero-order chi connectivity index (χ0) is 22.6. The Kier molecular flexibility index (Phi) is 6.84. The van der Waals surface area contributed by atoms with Crippen LogP contribution < -0.4 is 10.1 Å². The van der Waals surface area contributed by atoms with E-state index < -0.39 is 17.8 Å². The molecule has 0 radical (unpaired) electrons. The molecule has 10 heteroatoms. The van der Waals surface area contributed by atoms with Gasteiger partial charge < -0.3 is 14.6 Å². The standard InChI is InChI=1S/C21H19ClF3N3O3/c1-12(2)26-20(29)17(30-16-9-7-15(22)8-10-16)11-18-27-19(28-31-18)13-3-5-14(6-4-13)21(23,24)25/h3-10,12,17H,11H2,1-2H3,(H,26,29). The summed E-state index contributed by atoms with van der Waals surface area (Å²) in [6.45, 7) is 3.62. The van der Waals surface area contributed by atoms with E-state index >= 15 is 0 Å². The van der Waals surface area contributed by atoms with Gasteiger partial charge in [0.05, 0.1) is 12.0 Å². The average Bonchev–Trinajstić information content (AvgIpc) is 3.16. The predicted octanol–water partition coefficient (Wildman–Crippen LogP) is 4.92. The lowest BCUT2D eigenvalue weighted by molar-refractivity contribution is -0.137. The molecule has 0 saturated carbocycles. The molecular weight excluding hydrogens is 435 g/mol. The molecule has 0 spiro atoms. The number of amides is 1. The molecule has 0 aliphatic carbocycles. The van der Waals surface area contributed by atoms with Gasteiger partial charge >= 0.3 is 6.18 Å². The molecule has 1 unspecified atom stereocenters. The van der Waals surface area contributed by atoms with Gasteiger partial charge in [0.1, 0.15) is 5.75 Å². The Morgan fingerprint density at radius 3 is 2.35 bits per heavy atom. The van der Waals surface area contributed by atoms with Crippen molar-refractivity contribution in [2.24, 2.45) is 0 Å². The van der Waals surface area contributed by atoms with Gasteiger partial charge in [0.25, 0.3) is 5.91 Å². The van der Waals surface area contributed by atoms with E-state index in [0.29, 0.717) is 16.3 Å². The van der Waals surface area contributed by atoms with E-state index in [-0.39, 0.29) is 30.1 Å². The molecule has 1 aromatic heterocycles. The van der Waals surface area contributed by atoms with Crippen molar-refractivity contribution >= 4 is 17.5 Å². The Bertz CT molecular complexity index is 1020. The first-order chi connectivity index (χ1) is 14.6. The molecule has 3 aromatic rings. The lowest BCUT2D eigenvalue weighted by Crippen LogP contribution is -2.43. The van der Waals surface area contributed by atoms with Gasteiger partial charge in [0.15, 0.2) is 6.10 Å². The molecule has 6 nitrogen and oxygen atoms in total. The summed E-state index contributed by atoms with van der Waals surface area (Å²) in [6, 6.07) is 10.8. The third-order valence-electron chi connectivity index (χ3n) is 4.11. The first kappa shape index (κ1) is 22.6. The van der Waals surface area contributed by atoms with Crippen LogP contribution in [0.15, 0.2) is 53.1 Å². The molecule has 0 fully saturated rings. The van der Waals surface area contributed by atoms with Crippen LogP contribution in [0.1, 0.15) is 25.3 Å². The summed E-state index contributed by atoms with van der Waals surface area (Å²) in [5, 5.41) is 7.09. The highest BCUT2D eigenvalue weighted by molar-refractivity contribution is 6.30. The molecule has 1 heterocycles. The van der Waals surface area contributed by atoms with Crippen molar-refractivity contribution in [1.29, 1.82) is 0 Å². The van der Waals surface area contributed by atoms with Crippen LogP contribution in [0.25, 0.3) is 11.4 Å². The van der Waals surface area contributed by atoms with Crippen molar-refractivity contribution in [3.63, 3.8) is 0 Å². The number of carbonyl (C=O) groups excluding carboxylic acids is 1. The molecule has 1 N–H and O–H groups in total. The van der Waals surface area contributed by atoms with E-state index in [0.717, 1.165) is 12.1 Å². The number of rotatable bonds is 7. The minimum Gasteiger partial charge on any atom is -0.480 e. The van der Waals surface area contributed by atoms with Crippen LogP contribution in [0.5, 0.6) is 5.75 Å². The Labute approximate surface area is 181 Å². The van der Waals surface area contributed by atoms with Gasteiger partial charge in [-0.25, -0.2) is 0 Å². The van der Waals surface area contributed by atoms with E-state index in [1.54, 1.807) is 24.3 Å². The number of aromatic nitrogens is 2. The Morgan fingerprint density at radius 1 is 1.13 bits per heavy atom. The quantitative estimate of drug-likeness (QED) is 0.549. The topological polar surface area (TPSA) is 77.3 Å². The van der Waals surface area contributed by atoms with Crippen LogP contribution in [-0.2, 0) is 17.4 Å². The first-order valence-corrected chi connectivity index (χ1v) is 9.72. The summed E-state index contributed by atoms with van der Waals surface area (Å²) < 4.78 is 49.2. The highest BCUT2D eigenvalue weighted by atomic mass is 35.5. The smallest absolute Gasteiger partial charge is 0.416 e. The summed E-state index contributed by atoms with van der Waals surface area (Å²) in [5.41, 5.74) is -0.424. The average molecular weight is 454 g/mol. The predicted molar refractivity (Wildman–Crippen MR) is 108 cm³/mol. The van der Waals surface area contributed by atoms with Crippen LogP contribution in [0, 0.1) is 0 Å². The molecule has 164 valence electrons. The number of nitrogens with zero attached hydrogens (tertiary/aromatic N) is 2. The van der Waals surface area contributed by atoms with E-state index in [4.69, 9.17) is 20.9 Å². The Morgan fingerprint density at radius 2 is 1.77 bits per heavy atom. The molecule has 2 aromatic carbocycles. The first-order valence-electron chi connectivity index (χ1n) is 9.34. The zero-order valence-electron chi connectivity index (χ0n) is 16.6. The fraction of sp³-hybridized carbons (Fsp3) is 0.286. The lowest BCUT2D eigenvalue weighted by Gasteiger charge is -2.19. The van der Waals surface area contributed by atoms with Crippen LogP contribution in [-0.4, -0.2) is 28.2 Å². The molecule has 3 rings (SSSR count). The highest BCUT2D eigenvalue weighted by Crippen LogP contribution is 2.30. The van der Waals surface area contributed by atoms with E-state index in [2.05, 4.69) is 15.5 Å². The van der Waals surface area contributed by atoms with Gasteiger partial charge in [-0.2, -0.15) is 18.2 Å². The summed E-state index contributed by atoms with van der Waals surface area (Å²) >= 11 is 5.87. The van der Waals surface area contributed by atoms with Crippen molar-refractivity contribution in [3.05, 3.63) is 65.0 Å². The zero-order valence-corrected chi connectivity index (χ0v) is 17.4. The van der Waals surface area contributed by atoms with Crippen molar-refractivity contribution in [2.75, 3.05) is 0 Å².